The zero-order valence-electron chi connectivity index (χ0n) is 15.8. The highest BCUT2D eigenvalue weighted by Crippen LogP contribution is 2.44. The molecule has 4 atom stereocenters. The van der Waals surface area contributed by atoms with Crippen molar-refractivity contribution in [3.05, 3.63) is 29.8 Å². The van der Waals surface area contributed by atoms with Gasteiger partial charge in [-0.1, -0.05) is 44.8 Å². The number of halogens is 2. The van der Waals surface area contributed by atoms with E-state index in [1.54, 1.807) is 24.3 Å². The first kappa shape index (κ1) is 20.1. The van der Waals surface area contributed by atoms with Gasteiger partial charge in [0.05, 0.1) is 17.5 Å². The van der Waals surface area contributed by atoms with Crippen LogP contribution in [-0.2, 0) is 9.59 Å². The van der Waals surface area contributed by atoms with Crippen LogP contribution in [0.2, 0.25) is 0 Å². The van der Waals surface area contributed by atoms with Gasteiger partial charge in [-0.25, -0.2) is 0 Å². The third kappa shape index (κ3) is 3.56. The number of nitrogens with zero attached hydrogens (tertiary/aromatic N) is 2. The molecule has 3 aliphatic rings. The van der Waals surface area contributed by atoms with Crippen LogP contribution in [0.3, 0.4) is 0 Å². The second-order valence-corrected chi connectivity index (χ2v) is 10.6. The lowest BCUT2D eigenvalue weighted by atomic mass is 9.81. The minimum Gasteiger partial charge on any atom is -0.339 e. The van der Waals surface area contributed by atoms with Crippen LogP contribution in [0, 0.1) is 17.8 Å². The molecule has 0 unspecified atom stereocenters. The van der Waals surface area contributed by atoms with Crippen molar-refractivity contribution in [2.75, 3.05) is 18.0 Å². The van der Waals surface area contributed by atoms with Crippen LogP contribution in [-0.4, -0.2) is 45.4 Å². The molecule has 1 saturated carbocycles. The first-order valence-corrected chi connectivity index (χ1v) is 11.7. The predicted molar refractivity (Wildman–Crippen MR) is 115 cm³/mol. The molecule has 2 aliphatic heterocycles. The summed E-state index contributed by atoms with van der Waals surface area (Å²) in [4.78, 5) is 42.4. The molecule has 0 radical (unpaired) electrons. The predicted octanol–water partition coefficient (Wildman–Crippen LogP) is 3.99. The second-order valence-electron chi connectivity index (χ2n) is 8.25. The highest BCUT2D eigenvalue weighted by molar-refractivity contribution is 9.12. The van der Waals surface area contributed by atoms with Crippen molar-refractivity contribution in [3.63, 3.8) is 0 Å². The molecule has 150 valence electrons. The minimum absolute atomic E-state index is 0.0219. The summed E-state index contributed by atoms with van der Waals surface area (Å²) in [7, 11) is 0. The van der Waals surface area contributed by atoms with Crippen molar-refractivity contribution in [1.82, 2.24) is 4.90 Å². The van der Waals surface area contributed by atoms with Gasteiger partial charge in [0.2, 0.25) is 11.8 Å². The molecular formula is C21H24Br2N2O3. The fourth-order valence-electron chi connectivity index (χ4n) is 4.52. The number of piperidine rings is 1. The van der Waals surface area contributed by atoms with E-state index >= 15 is 0 Å². The summed E-state index contributed by atoms with van der Waals surface area (Å²) in [6, 6.07) is 6.98. The van der Waals surface area contributed by atoms with Crippen LogP contribution in [0.25, 0.3) is 0 Å². The molecule has 3 amide bonds. The minimum atomic E-state index is -0.284. The number of amides is 3. The molecule has 2 saturated heterocycles. The Balaban J connectivity index is 1.57. The Morgan fingerprint density at radius 3 is 2.14 bits per heavy atom. The van der Waals surface area contributed by atoms with E-state index < -0.39 is 0 Å². The molecule has 4 rings (SSSR count). The van der Waals surface area contributed by atoms with E-state index in [1.165, 1.54) is 4.90 Å². The summed E-state index contributed by atoms with van der Waals surface area (Å²) < 4.78 is 0. The molecule has 1 aliphatic carbocycles. The summed E-state index contributed by atoms with van der Waals surface area (Å²) in [6.07, 6.45) is 3.32. The Morgan fingerprint density at radius 1 is 1.00 bits per heavy atom. The first-order chi connectivity index (χ1) is 13.4. The van der Waals surface area contributed by atoms with E-state index in [-0.39, 0.29) is 39.2 Å². The van der Waals surface area contributed by atoms with Crippen molar-refractivity contribution in [2.45, 2.75) is 42.3 Å². The second kappa shape index (κ2) is 7.90. The van der Waals surface area contributed by atoms with E-state index in [0.29, 0.717) is 30.0 Å². The molecule has 3 fully saturated rings. The lowest BCUT2D eigenvalue weighted by Crippen LogP contribution is -2.38. The van der Waals surface area contributed by atoms with Crippen LogP contribution in [0.5, 0.6) is 0 Å². The summed E-state index contributed by atoms with van der Waals surface area (Å²) in [5.74, 6) is -0.228. The molecule has 5 nitrogen and oxygen atoms in total. The molecule has 2 heterocycles. The molecule has 0 N–H and O–H groups in total. The Labute approximate surface area is 182 Å². The summed E-state index contributed by atoms with van der Waals surface area (Å²) in [6.45, 7) is 3.73. The number of benzene rings is 1. The van der Waals surface area contributed by atoms with Gasteiger partial charge < -0.3 is 4.90 Å². The zero-order chi connectivity index (χ0) is 20.0. The molecule has 0 spiro atoms. The maximum absolute atomic E-state index is 13.0. The van der Waals surface area contributed by atoms with Gasteiger partial charge in [-0.05, 0) is 49.8 Å². The van der Waals surface area contributed by atoms with E-state index in [2.05, 4.69) is 38.8 Å². The maximum atomic E-state index is 13.0. The lowest BCUT2D eigenvalue weighted by molar-refractivity contribution is -0.122. The van der Waals surface area contributed by atoms with Gasteiger partial charge in [-0.3, -0.25) is 19.3 Å². The van der Waals surface area contributed by atoms with Gasteiger partial charge >= 0.3 is 0 Å². The number of rotatable bonds is 2. The van der Waals surface area contributed by atoms with Crippen LogP contribution in [0.4, 0.5) is 5.69 Å². The number of fused-ring (bicyclic) bond motifs is 1. The highest BCUT2D eigenvalue weighted by atomic mass is 79.9. The summed E-state index contributed by atoms with van der Waals surface area (Å²) >= 11 is 7.23. The number of carbonyl (C=O) groups is 3. The lowest BCUT2D eigenvalue weighted by Gasteiger charge is -2.30. The summed E-state index contributed by atoms with van der Waals surface area (Å²) in [5, 5.41) is 0. The first-order valence-electron chi connectivity index (χ1n) is 9.92. The van der Waals surface area contributed by atoms with Crippen molar-refractivity contribution >= 4 is 55.3 Å². The normalized spacial score (nSPS) is 31.2. The van der Waals surface area contributed by atoms with E-state index in [0.717, 1.165) is 25.9 Å². The van der Waals surface area contributed by atoms with Gasteiger partial charge in [0.25, 0.3) is 5.91 Å². The van der Waals surface area contributed by atoms with Gasteiger partial charge in [0.1, 0.15) is 0 Å². The fraction of sp³-hybridized carbons (Fsp3) is 0.571. The van der Waals surface area contributed by atoms with Gasteiger partial charge in [0.15, 0.2) is 0 Å². The van der Waals surface area contributed by atoms with Gasteiger partial charge in [-0.2, -0.15) is 0 Å². The number of hydrogen-bond donors (Lipinski definition) is 0. The Kier molecular flexibility index (Phi) is 5.67. The van der Waals surface area contributed by atoms with E-state index in [4.69, 9.17) is 0 Å². The quantitative estimate of drug-likeness (QED) is 0.445. The highest BCUT2D eigenvalue weighted by Gasteiger charge is 2.52. The van der Waals surface area contributed by atoms with Gasteiger partial charge in [0, 0.05) is 28.3 Å². The van der Waals surface area contributed by atoms with E-state index in [9.17, 15) is 14.4 Å². The molecule has 28 heavy (non-hydrogen) atoms. The maximum Gasteiger partial charge on any atom is 0.253 e. The average molecular weight is 512 g/mol. The third-order valence-corrected chi connectivity index (χ3v) is 9.07. The van der Waals surface area contributed by atoms with E-state index in [1.807, 2.05) is 4.90 Å². The number of hydrogen-bond acceptors (Lipinski definition) is 3. The van der Waals surface area contributed by atoms with Crippen LogP contribution < -0.4 is 4.90 Å². The molecular weight excluding hydrogens is 488 g/mol. The van der Waals surface area contributed by atoms with Crippen LogP contribution in [0.1, 0.15) is 43.0 Å². The van der Waals surface area contributed by atoms with Crippen molar-refractivity contribution < 1.29 is 14.4 Å². The van der Waals surface area contributed by atoms with Crippen LogP contribution >= 0.6 is 31.9 Å². The topological polar surface area (TPSA) is 57.7 Å². The third-order valence-electron chi connectivity index (χ3n) is 6.33. The Morgan fingerprint density at radius 2 is 1.57 bits per heavy atom. The number of carbonyl (C=O) groups excluding carboxylic acids is 3. The molecule has 0 aromatic heterocycles. The SMILES string of the molecule is CC1CCN(C(=O)c2cccc(N3C(=O)[C@@H]4C[C@H](Br)[C@@H](Br)C[C@H]4C3=O)c2)CC1. The Bertz CT molecular complexity index is 779. The molecule has 7 heteroatoms. The van der Waals surface area contributed by atoms with Crippen LogP contribution in [0.15, 0.2) is 24.3 Å². The molecule has 1 aromatic carbocycles. The number of alkyl halides is 2. The largest absolute Gasteiger partial charge is 0.339 e. The summed E-state index contributed by atoms with van der Waals surface area (Å²) in [5.41, 5.74) is 1.05. The molecule has 1 aromatic rings. The van der Waals surface area contributed by atoms with Crippen molar-refractivity contribution in [1.29, 1.82) is 0 Å². The smallest absolute Gasteiger partial charge is 0.253 e. The van der Waals surface area contributed by atoms with Crippen molar-refractivity contribution in [2.24, 2.45) is 17.8 Å². The average Bonchev–Trinajstić information content (AvgIpc) is 2.92. The fourth-order valence-corrected chi connectivity index (χ4v) is 5.76. The Hall–Kier alpha value is -1.21. The zero-order valence-corrected chi connectivity index (χ0v) is 19.0. The standard InChI is InChI=1S/C21H24Br2N2O3/c1-12-5-7-24(8-6-12)19(26)13-3-2-4-14(9-13)25-20(27)15-10-17(22)18(23)11-16(15)21(25)28/h2-4,9,12,15-18H,5-8,10-11H2,1H3/t15-,16-,17+,18+/m1/s1. The number of imide groups is 1. The van der Waals surface area contributed by atoms with Gasteiger partial charge in [-0.15, -0.1) is 0 Å². The monoisotopic (exact) mass is 510 g/mol. The van der Waals surface area contributed by atoms with Crippen molar-refractivity contribution in [3.8, 4) is 0 Å². The number of likely N-dealkylation sites (tertiary alicyclic amines) is 1. The molecule has 0 bridgehead atoms. The number of anilines is 1.